The predicted octanol–water partition coefficient (Wildman–Crippen LogP) is 3.44. The maximum atomic E-state index is 12.4. The van der Waals surface area contributed by atoms with Crippen LogP contribution in [0.15, 0.2) is 12.1 Å². The van der Waals surface area contributed by atoms with Crippen LogP contribution in [0.4, 0.5) is 5.69 Å². The molecule has 1 fully saturated rings. The van der Waals surface area contributed by atoms with Crippen LogP contribution < -0.4 is 5.32 Å². The average molecular weight is 316 g/mol. The molecule has 2 rings (SSSR count). The monoisotopic (exact) mass is 316 g/mol. The first-order valence-electron chi connectivity index (χ1n) is 8.48. The van der Waals surface area contributed by atoms with Gasteiger partial charge in [0, 0.05) is 19.3 Å². The number of carbonyl (C=O) groups excluding carboxylic acids is 2. The Balaban J connectivity index is 1.95. The van der Waals surface area contributed by atoms with Crippen LogP contribution in [-0.2, 0) is 9.59 Å². The predicted molar refractivity (Wildman–Crippen MR) is 93.4 cm³/mol. The molecule has 1 aromatic carbocycles. The SMILES string of the molecule is CCCCN(C)C(=O)C1CC1C(=O)Nc1c(C)cc(C)cc1C. The first-order valence-corrected chi connectivity index (χ1v) is 8.48. The molecule has 0 heterocycles. The Kier molecular flexibility index (Phi) is 5.45. The number of nitrogens with zero attached hydrogens (tertiary/aromatic N) is 1. The van der Waals surface area contributed by atoms with Crippen LogP contribution in [0.5, 0.6) is 0 Å². The molecule has 1 aliphatic carbocycles. The van der Waals surface area contributed by atoms with Crippen molar-refractivity contribution in [3.8, 4) is 0 Å². The normalized spacial score (nSPS) is 19.3. The Hall–Kier alpha value is -1.84. The van der Waals surface area contributed by atoms with Gasteiger partial charge in [0.05, 0.1) is 11.8 Å². The van der Waals surface area contributed by atoms with Gasteiger partial charge in [-0.25, -0.2) is 0 Å². The summed E-state index contributed by atoms with van der Waals surface area (Å²) in [4.78, 5) is 26.5. The molecule has 23 heavy (non-hydrogen) atoms. The topological polar surface area (TPSA) is 49.4 Å². The van der Waals surface area contributed by atoms with E-state index in [9.17, 15) is 9.59 Å². The van der Waals surface area contributed by atoms with E-state index in [1.54, 1.807) is 4.90 Å². The summed E-state index contributed by atoms with van der Waals surface area (Å²) in [5, 5.41) is 3.02. The Labute approximate surface area is 139 Å². The Morgan fingerprint density at radius 2 is 1.78 bits per heavy atom. The van der Waals surface area contributed by atoms with Gasteiger partial charge in [0.2, 0.25) is 11.8 Å². The summed E-state index contributed by atoms with van der Waals surface area (Å²) in [6, 6.07) is 4.13. The molecule has 1 saturated carbocycles. The number of hydrogen-bond acceptors (Lipinski definition) is 2. The molecule has 2 unspecified atom stereocenters. The van der Waals surface area contributed by atoms with E-state index in [1.807, 2.05) is 27.8 Å². The molecule has 4 heteroatoms. The highest BCUT2D eigenvalue weighted by Crippen LogP contribution is 2.41. The summed E-state index contributed by atoms with van der Waals surface area (Å²) in [5.74, 6) is -0.229. The summed E-state index contributed by atoms with van der Waals surface area (Å²) in [5.41, 5.74) is 4.21. The maximum Gasteiger partial charge on any atom is 0.228 e. The second kappa shape index (κ2) is 7.16. The number of carbonyl (C=O) groups is 2. The van der Waals surface area contributed by atoms with Gasteiger partial charge >= 0.3 is 0 Å². The maximum absolute atomic E-state index is 12.4. The Bertz CT molecular complexity index is 586. The molecule has 4 nitrogen and oxygen atoms in total. The van der Waals surface area contributed by atoms with Crippen LogP contribution in [0, 0.1) is 32.6 Å². The lowest BCUT2D eigenvalue weighted by atomic mass is 10.0. The molecule has 0 saturated heterocycles. The second-order valence-electron chi connectivity index (χ2n) is 6.83. The van der Waals surface area contributed by atoms with Gasteiger partial charge in [-0.15, -0.1) is 0 Å². The van der Waals surface area contributed by atoms with Gasteiger partial charge in [0.15, 0.2) is 0 Å². The quantitative estimate of drug-likeness (QED) is 0.874. The van der Waals surface area contributed by atoms with Crippen LogP contribution in [-0.4, -0.2) is 30.3 Å². The van der Waals surface area contributed by atoms with Crippen molar-refractivity contribution in [2.45, 2.75) is 47.0 Å². The Morgan fingerprint density at radius 3 is 2.35 bits per heavy atom. The average Bonchev–Trinajstić information content (AvgIpc) is 3.28. The number of aryl methyl sites for hydroxylation is 3. The molecule has 1 aromatic rings. The van der Waals surface area contributed by atoms with Gasteiger partial charge in [-0.05, 0) is 44.7 Å². The molecule has 0 bridgehead atoms. The van der Waals surface area contributed by atoms with Crippen molar-refractivity contribution in [3.05, 3.63) is 28.8 Å². The zero-order valence-corrected chi connectivity index (χ0v) is 14.9. The number of anilines is 1. The molecular formula is C19H28N2O2. The highest BCUT2D eigenvalue weighted by Gasteiger charge is 2.49. The van der Waals surface area contributed by atoms with Crippen molar-refractivity contribution in [1.82, 2.24) is 4.90 Å². The minimum Gasteiger partial charge on any atom is -0.346 e. The van der Waals surface area contributed by atoms with Crippen molar-refractivity contribution in [3.63, 3.8) is 0 Å². The highest BCUT2D eigenvalue weighted by atomic mass is 16.2. The van der Waals surface area contributed by atoms with Crippen molar-refractivity contribution in [2.24, 2.45) is 11.8 Å². The van der Waals surface area contributed by atoms with Crippen molar-refractivity contribution >= 4 is 17.5 Å². The van der Waals surface area contributed by atoms with E-state index in [-0.39, 0.29) is 23.7 Å². The van der Waals surface area contributed by atoms with Crippen LogP contribution >= 0.6 is 0 Å². The van der Waals surface area contributed by atoms with Gasteiger partial charge in [0.1, 0.15) is 0 Å². The minimum atomic E-state index is -0.174. The van der Waals surface area contributed by atoms with Gasteiger partial charge in [-0.2, -0.15) is 0 Å². The third-order valence-electron chi connectivity index (χ3n) is 4.59. The van der Waals surface area contributed by atoms with Crippen LogP contribution in [0.3, 0.4) is 0 Å². The summed E-state index contributed by atoms with van der Waals surface area (Å²) in [6.45, 7) is 8.94. The summed E-state index contributed by atoms with van der Waals surface area (Å²) in [6.07, 6.45) is 2.75. The van der Waals surface area contributed by atoms with E-state index in [0.717, 1.165) is 36.2 Å². The summed E-state index contributed by atoms with van der Waals surface area (Å²) < 4.78 is 0. The first kappa shape index (κ1) is 17.5. The lowest BCUT2D eigenvalue weighted by Gasteiger charge is -2.17. The molecule has 1 aliphatic rings. The lowest BCUT2D eigenvalue weighted by molar-refractivity contribution is -0.132. The number of amides is 2. The highest BCUT2D eigenvalue weighted by molar-refractivity contribution is 6.00. The van der Waals surface area contributed by atoms with Crippen molar-refractivity contribution in [1.29, 1.82) is 0 Å². The van der Waals surface area contributed by atoms with E-state index < -0.39 is 0 Å². The number of nitrogens with one attached hydrogen (secondary N) is 1. The lowest BCUT2D eigenvalue weighted by Crippen LogP contribution is -2.30. The number of rotatable bonds is 6. The van der Waals surface area contributed by atoms with Crippen LogP contribution in [0.1, 0.15) is 42.9 Å². The van der Waals surface area contributed by atoms with E-state index in [4.69, 9.17) is 0 Å². The van der Waals surface area contributed by atoms with Crippen molar-refractivity contribution in [2.75, 3.05) is 18.9 Å². The summed E-state index contributed by atoms with van der Waals surface area (Å²) in [7, 11) is 1.83. The molecule has 126 valence electrons. The molecule has 0 aromatic heterocycles. The number of hydrogen-bond donors (Lipinski definition) is 1. The molecule has 2 atom stereocenters. The third-order valence-corrected chi connectivity index (χ3v) is 4.59. The molecule has 0 spiro atoms. The molecule has 2 amide bonds. The molecule has 0 aliphatic heterocycles. The molecule has 0 radical (unpaired) electrons. The standard InChI is InChI=1S/C19H28N2O2/c1-6-7-8-21(5)19(23)16-11-15(16)18(22)20-17-13(3)9-12(2)10-14(17)4/h9-10,15-16H,6-8,11H2,1-5H3,(H,20,22). The first-order chi connectivity index (χ1) is 10.8. The van der Waals surface area contributed by atoms with E-state index in [2.05, 4.69) is 24.4 Å². The fraction of sp³-hybridized carbons (Fsp3) is 0.579. The zero-order chi connectivity index (χ0) is 17.1. The van der Waals surface area contributed by atoms with Crippen LogP contribution in [0.25, 0.3) is 0 Å². The Morgan fingerprint density at radius 1 is 1.17 bits per heavy atom. The molecule has 1 N–H and O–H groups in total. The van der Waals surface area contributed by atoms with Gasteiger partial charge in [-0.3, -0.25) is 9.59 Å². The number of benzene rings is 1. The smallest absolute Gasteiger partial charge is 0.228 e. The van der Waals surface area contributed by atoms with Crippen molar-refractivity contribution < 1.29 is 9.59 Å². The second-order valence-corrected chi connectivity index (χ2v) is 6.83. The molecular weight excluding hydrogens is 288 g/mol. The van der Waals surface area contributed by atoms with Gasteiger partial charge in [-0.1, -0.05) is 31.0 Å². The number of unbranched alkanes of at least 4 members (excludes halogenated alkanes) is 1. The van der Waals surface area contributed by atoms with Gasteiger partial charge in [0.25, 0.3) is 0 Å². The fourth-order valence-electron chi connectivity index (χ4n) is 3.14. The summed E-state index contributed by atoms with van der Waals surface area (Å²) >= 11 is 0. The van der Waals surface area contributed by atoms with E-state index in [0.29, 0.717) is 6.42 Å². The fourth-order valence-corrected chi connectivity index (χ4v) is 3.14. The van der Waals surface area contributed by atoms with E-state index in [1.165, 1.54) is 5.56 Å². The van der Waals surface area contributed by atoms with E-state index >= 15 is 0 Å². The largest absolute Gasteiger partial charge is 0.346 e. The zero-order valence-electron chi connectivity index (χ0n) is 14.9. The van der Waals surface area contributed by atoms with Gasteiger partial charge < -0.3 is 10.2 Å². The van der Waals surface area contributed by atoms with Crippen LogP contribution in [0.2, 0.25) is 0 Å². The minimum absolute atomic E-state index is 0.0257. The third kappa shape index (κ3) is 4.12.